The van der Waals surface area contributed by atoms with E-state index in [0.29, 0.717) is 0 Å². The van der Waals surface area contributed by atoms with E-state index >= 15 is 0 Å². The third kappa shape index (κ3) is 0.484. The van der Waals surface area contributed by atoms with Gasteiger partial charge >= 0.3 is 11.4 Å². The lowest BCUT2D eigenvalue weighted by Gasteiger charge is -1.78. The summed E-state index contributed by atoms with van der Waals surface area (Å²) in [5.41, 5.74) is 0. The minimum atomic E-state index is 1.40. The molecule has 0 atom stereocenters. The van der Waals surface area contributed by atoms with Gasteiger partial charge in [-0.25, -0.2) is 4.89 Å². The number of allylic oxidation sites excluding steroid dienone is 1. The molecule has 0 saturated heterocycles. The molecule has 1 aliphatic heterocycles. The van der Waals surface area contributed by atoms with E-state index in [1.807, 2.05) is 0 Å². The molecule has 0 fully saturated rings. The van der Waals surface area contributed by atoms with Gasteiger partial charge in [-0.15, -0.1) is 0 Å². The fourth-order valence-corrected chi connectivity index (χ4v) is 0.177. The van der Waals surface area contributed by atoms with E-state index in [1.54, 1.807) is 6.08 Å². The standard InChI is InChI=1S/C3H3NO2/c1-2-4-6-5-3-1/h1-3H/q+1. The third-order valence-corrected chi connectivity index (χ3v) is 0.367. The van der Waals surface area contributed by atoms with Gasteiger partial charge in [-0.2, -0.15) is 0 Å². The normalized spacial score (nSPS) is 16.0. The van der Waals surface area contributed by atoms with Gasteiger partial charge in [-0.1, -0.05) is 0 Å². The molecule has 0 bridgehead atoms. The van der Waals surface area contributed by atoms with Crippen LogP contribution in [0, 0.1) is 0 Å². The van der Waals surface area contributed by atoms with Gasteiger partial charge in [0.25, 0.3) is 0 Å². The second-order valence-corrected chi connectivity index (χ2v) is 0.754. The highest BCUT2D eigenvalue weighted by Crippen LogP contribution is 1.76. The van der Waals surface area contributed by atoms with Crippen LogP contribution in [-0.4, -0.2) is 6.21 Å². The van der Waals surface area contributed by atoms with E-state index in [1.165, 1.54) is 12.5 Å². The monoisotopic (exact) mass is 85.0 g/mol. The van der Waals surface area contributed by atoms with Crippen LogP contribution < -0.4 is 5.16 Å². The molecule has 1 radical (unpaired) electrons. The van der Waals surface area contributed by atoms with Crippen molar-refractivity contribution in [3.05, 3.63) is 12.3 Å². The van der Waals surface area contributed by atoms with E-state index in [0.717, 1.165) is 0 Å². The SMILES string of the molecule is C1=COO[N+]=C1. The van der Waals surface area contributed by atoms with Crippen molar-refractivity contribution in [2.24, 2.45) is 0 Å². The molecule has 0 unspecified atom stereocenters. The first kappa shape index (κ1) is 3.21. The number of oxime groups is 1. The largest absolute Gasteiger partial charge is 0.339 e. The van der Waals surface area contributed by atoms with Gasteiger partial charge in [0, 0.05) is 4.99 Å². The number of hydrogen-bond acceptors (Lipinski definition) is 3. The zero-order chi connectivity index (χ0) is 4.24. The molecule has 3 nitrogen and oxygen atoms in total. The van der Waals surface area contributed by atoms with E-state index < -0.39 is 0 Å². The molecule has 0 aromatic rings. The maximum absolute atomic E-state index is 4.19. The first-order valence-corrected chi connectivity index (χ1v) is 1.51. The summed E-state index contributed by atoms with van der Waals surface area (Å²) >= 11 is 0. The van der Waals surface area contributed by atoms with Crippen molar-refractivity contribution >= 4 is 6.21 Å². The summed E-state index contributed by atoms with van der Waals surface area (Å²) in [7, 11) is 0. The first-order chi connectivity index (χ1) is 3.00. The summed E-state index contributed by atoms with van der Waals surface area (Å²) in [5.74, 6) is 0. The number of nitrogens with zero attached hydrogens (tertiary/aromatic N) is 1. The second kappa shape index (κ2) is 1.45. The molecule has 6 heavy (non-hydrogen) atoms. The van der Waals surface area contributed by atoms with Gasteiger partial charge < -0.3 is 0 Å². The Morgan fingerprint density at radius 3 is 2.67 bits per heavy atom. The van der Waals surface area contributed by atoms with E-state index in [2.05, 4.69) is 15.0 Å². The Kier molecular flexibility index (Phi) is 0.774. The van der Waals surface area contributed by atoms with Crippen molar-refractivity contribution in [2.45, 2.75) is 0 Å². The quantitative estimate of drug-likeness (QED) is 0.381. The molecule has 3 heteroatoms. The highest BCUT2D eigenvalue weighted by atomic mass is 17.3. The van der Waals surface area contributed by atoms with Crippen molar-refractivity contribution in [2.75, 3.05) is 0 Å². The van der Waals surface area contributed by atoms with Crippen molar-refractivity contribution < 1.29 is 9.88 Å². The maximum Gasteiger partial charge on any atom is 0.339 e. The fraction of sp³-hybridized carbons (Fsp3) is 0. The molecule has 0 aromatic heterocycles. The molecule has 0 spiro atoms. The number of rotatable bonds is 0. The Morgan fingerprint density at radius 2 is 2.50 bits per heavy atom. The molecule has 0 aromatic carbocycles. The van der Waals surface area contributed by atoms with Crippen LogP contribution in [0.3, 0.4) is 0 Å². The number of hydrogen-bond donors (Lipinski definition) is 0. The summed E-state index contributed by atoms with van der Waals surface area (Å²) in [4.78, 5) is 8.24. The average molecular weight is 85.1 g/mol. The van der Waals surface area contributed by atoms with Gasteiger partial charge in [-0.3, -0.25) is 0 Å². The smallest absolute Gasteiger partial charge is 0.237 e. The summed E-state index contributed by atoms with van der Waals surface area (Å²) in [5, 5.41) is 3.24. The van der Waals surface area contributed by atoms with Crippen LogP contribution >= 0.6 is 0 Å². The molecule has 31 valence electrons. The fourth-order valence-electron chi connectivity index (χ4n) is 0.177. The summed E-state index contributed by atoms with van der Waals surface area (Å²) in [6.07, 6.45) is 4.51. The Balaban J connectivity index is 2.46. The van der Waals surface area contributed by atoms with Crippen LogP contribution in [0.1, 0.15) is 0 Å². The van der Waals surface area contributed by atoms with E-state index in [-0.39, 0.29) is 0 Å². The van der Waals surface area contributed by atoms with Crippen molar-refractivity contribution in [1.82, 2.24) is 5.16 Å². The van der Waals surface area contributed by atoms with E-state index in [4.69, 9.17) is 0 Å². The zero-order valence-electron chi connectivity index (χ0n) is 3.00. The molecule has 1 rings (SSSR count). The second-order valence-electron chi connectivity index (χ2n) is 0.754. The zero-order valence-corrected chi connectivity index (χ0v) is 3.00. The molecule has 0 N–H and O–H groups in total. The van der Waals surface area contributed by atoms with Crippen LogP contribution in [0.25, 0.3) is 0 Å². The predicted octanol–water partition coefficient (Wildman–Crippen LogP) is -0.217. The molecule has 1 aliphatic rings. The Labute approximate surface area is 34.8 Å². The molecule has 0 amide bonds. The topological polar surface area (TPSA) is 32.6 Å². The summed E-state index contributed by atoms with van der Waals surface area (Å²) in [6, 6.07) is 0. The van der Waals surface area contributed by atoms with Crippen LogP contribution in [0.2, 0.25) is 0 Å². The van der Waals surface area contributed by atoms with Gasteiger partial charge in [-0.05, 0) is 0 Å². The minimum absolute atomic E-state index is 1.40. The lowest BCUT2D eigenvalue weighted by Crippen LogP contribution is -1.96. The Bertz CT molecular complexity index is 74.8. The van der Waals surface area contributed by atoms with Crippen molar-refractivity contribution in [3.63, 3.8) is 0 Å². The summed E-state index contributed by atoms with van der Waals surface area (Å²) in [6.45, 7) is 0. The van der Waals surface area contributed by atoms with Crippen LogP contribution in [-0.2, 0) is 9.88 Å². The highest BCUT2D eigenvalue weighted by Gasteiger charge is 1.93. The Hall–Kier alpha value is -0.990. The van der Waals surface area contributed by atoms with Gasteiger partial charge in [0.15, 0.2) is 6.26 Å². The molecule has 0 aliphatic carbocycles. The molecule has 1 heterocycles. The molecular weight excluding hydrogens is 82.0 g/mol. The molecule has 0 saturated carbocycles. The lowest BCUT2D eigenvalue weighted by molar-refractivity contribution is -0.274. The minimum Gasteiger partial charge on any atom is -0.237 e. The van der Waals surface area contributed by atoms with E-state index in [9.17, 15) is 0 Å². The third-order valence-electron chi connectivity index (χ3n) is 0.367. The maximum atomic E-state index is 4.19. The van der Waals surface area contributed by atoms with Crippen LogP contribution in [0.4, 0.5) is 0 Å². The summed E-state index contributed by atoms with van der Waals surface area (Å²) < 4.78 is 0. The lowest BCUT2D eigenvalue weighted by atomic mass is 10.7. The predicted molar refractivity (Wildman–Crippen MR) is 19.5 cm³/mol. The first-order valence-electron chi connectivity index (χ1n) is 1.51. The van der Waals surface area contributed by atoms with Crippen LogP contribution in [0.15, 0.2) is 12.3 Å². The Morgan fingerprint density at radius 1 is 1.50 bits per heavy atom. The van der Waals surface area contributed by atoms with Crippen LogP contribution in [0.5, 0.6) is 0 Å². The average Bonchev–Trinajstić information content (AvgIpc) is 1.72. The molecular formula is C3H3NO2+. The van der Waals surface area contributed by atoms with Gasteiger partial charge in [0.2, 0.25) is 0 Å². The van der Waals surface area contributed by atoms with Gasteiger partial charge in [0.05, 0.1) is 6.08 Å². The van der Waals surface area contributed by atoms with Gasteiger partial charge in [0.1, 0.15) is 0 Å². The highest BCUT2D eigenvalue weighted by molar-refractivity contribution is 5.68. The van der Waals surface area contributed by atoms with Crippen molar-refractivity contribution in [1.29, 1.82) is 0 Å². The van der Waals surface area contributed by atoms with Crippen molar-refractivity contribution in [3.8, 4) is 0 Å².